The minimum Gasteiger partial charge on any atom is -0.337 e. The fourth-order valence-corrected chi connectivity index (χ4v) is 6.78. The second kappa shape index (κ2) is 9.14. The molecule has 0 spiro atoms. The largest absolute Gasteiger partial charge is 0.337 e. The number of nitrogens with zero attached hydrogens (tertiary/aromatic N) is 3. The molecular formula is C24H20N4O2S3. The van der Waals surface area contributed by atoms with E-state index >= 15 is 0 Å². The number of hydrogen-bond acceptors (Lipinski definition) is 7. The summed E-state index contributed by atoms with van der Waals surface area (Å²) in [5.41, 5.74) is 0.673. The first-order valence-electron chi connectivity index (χ1n) is 10.6. The molecule has 4 aromatic rings. The van der Waals surface area contributed by atoms with Crippen LogP contribution in [0.3, 0.4) is 0 Å². The Morgan fingerprint density at radius 2 is 1.97 bits per heavy atom. The summed E-state index contributed by atoms with van der Waals surface area (Å²) in [4.78, 5) is 32.9. The van der Waals surface area contributed by atoms with Gasteiger partial charge in [0.1, 0.15) is 10.4 Å². The predicted molar refractivity (Wildman–Crippen MR) is 134 cm³/mol. The van der Waals surface area contributed by atoms with Gasteiger partial charge in [0.05, 0.1) is 22.9 Å². The number of nitriles is 1. The highest BCUT2D eigenvalue weighted by molar-refractivity contribution is 7.99. The van der Waals surface area contributed by atoms with E-state index in [1.165, 1.54) is 23.1 Å². The molecule has 9 heteroatoms. The van der Waals surface area contributed by atoms with Crippen LogP contribution in [0.15, 0.2) is 63.2 Å². The monoisotopic (exact) mass is 492 g/mol. The second-order valence-corrected chi connectivity index (χ2v) is 10.7. The number of carbonyl (C=O) groups excluding carboxylic acids is 1. The summed E-state index contributed by atoms with van der Waals surface area (Å²) in [5.74, 6) is -0.139. The molecule has 1 saturated carbocycles. The minimum atomic E-state index is -0.766. The molecule has 1 aromatic carbocycles. The van der Waals surface area contributed by atoms with Crippen LogP contribution in [-0.4, -0.2) is 26.8 Å². The van der Waals surface area contributed by atoms with Gasteiger partial charge >= 0.3 is 0 Å². The maximum absolute atomic E-state index is 13.7. The number of para-hydroxylation sites is 1. The Bertz CT molecular complexity index is 1400. The van der Waals surface area contributed by atoms with E-state index in [-0.39, 0.29) is 17.2 Å². The zero-order valence-corrected chi connectivity index (χ0v) is 20.1. The van der Waals surface area contributed by atoms with Crippen LogP contribution in [0.1, 0.15) is 25.7 Å². The number of carbonyl (C=O) groups is 1. The van der Waals surface area contributed by atoms with E-state index in [0.717, 1.165) is 23.3 Å². The third kappa shape index (κ3) is 4.22. The van der Waals surface area contributed by atoms with Crippen LogP contribution < -0.4 is 10.9 Å². The van der Waals surface area contributed by atoms with Crippen molar-refractivity contribution in [2.24, 2.45) is 0 Å². The molecule has 0 bridgehead atoms. The van der Waals surface area contributed by atoms with Gasteiger partial charge in [-0.05, 0) is 49.3 Å². The molecule has 1 amide bonds. The van der Waals surface area contributed by atoms with Crippen LogP contribution in [0.5, 0.6) is 0 Å². The van der Waals surface area contributed by atoms with Crippen LogP contribution in [0.25, 0.3) is 26.3 Å². The maximum atomic E-state index is 13.7. The van der Waals surface area contributed by atoms with Crippen molar-refractivity contribution in [1.29, 1.82) is 5.26 Å². The van der Waals surface area contributed by atoms with Crippen molar-refractivity contribution in [3.05, 3.63) is 63.6 Å². The van der Waals surface area contributed by atoms with Gasteiger partial charge in [-0.2, -0.15) is 5.26 Å². The van der Waals surface area contributed by atoms with E-state index in [1.807, 2.05) is 53.2 Å². The summed E-state index contributed by atoms with van der Waals surface area (Å²) in [6.45, 7) is 0. The molecule has 1 aliphatic carbocycles. The van der Waals surface area contributed by atoms with Gasteiger partial charge in [0.25, 0.3) is 5.56 Å². The summed E-state index contributed by atoms with van der Waals surface area (Å²) in [5, 5.41) is 17.5. The first-order valence-corrected chi connectivity index (χ1v) is 13.3. The van der Waals surface area contributed by atoms with E-state index < -0.39 is 5.54 Å². The molecule has 1 fully saturated rings. The van der Waals surface area contributed by atoms with Gasteiger partial charge in [-0.15, -0.1) is 22.7 Å². The molecule has 1 N–H and O–H groups in total. The molecule has 0 aliphatic heterocycles. The molecule has 0 radical (unpaired) electrons. The van der Waals surface area contributed by atoms with Crippen molar-refractivity contribution in [1.82, 2.24) is 14.9 Å². The van der Waals surface area contributed by atoms with Crippen molar-refractivity contribution >= 4 is 50.6 Å². The molecule has 3 aromatic heterocycles. The zero-order chi connectivity index (χ0) is 22.8. The summed E-state index contributed by atoms with van der Waals surface area (Å²) in [6, 6.07) is 15.6. The summed E-state index contributed by atoms with van der Waals surface area (Å²) in [7, 11) is 0. The lowest BCUT2D eigenvalue weighted by atomic mass is 10.0. The number of nitrogens with one attached hydrogen (secondary N) is 1. The smallest absolute Gasteiger partial charge is 0.268 e. The molecule has 0 saturated heterocycles. The van der Waals surface area contributed by atoms with Gasteiger partial charge in [-0.25, -0.2) is 4.98 Å². The van der Waals surface area contributed by atoms with Crippen LogP contribution in [0.4, 0.5) is 0 Å². The van der Waals surface area contributed by atoms with Crippen molar-refractivity contribution < 1.29 is 4.79 Å². The van der Waals surface area contributed by atoms with Crippen LogP contribution in [0, 0.1) is 11.3 Å². The number of aromatic nitrogens is 2. The third-order valence-electron chi connectivity index (χ3n) is 5.76. The number of fused-ring (bicyclic) bond motifs is 1. The number of benzene rings is 1. The third-order valence-corrected chi connectivity index (χ3v) is 8.47. The quantitative estimate of drug-likeness (QED) is 0.294. The Balaban J connectivity index is 1.52. The zero-order valence-electron chi connectivity index (χ0n) is 17.6. The molecule has 1 aliphatic rings. The van der Waals surface area contributed by atoms with Crippen molar-refractivity contribution in [2.45, 2.75) is 36.4 Å². The van der Waals surface area contributed by atoms with Crippen LogP contribution in [-0.2, 0) is 4.79 Å². The Morgan fingerprint density at radius 3 is 2.67 bits per heavy atom. The molecule has 5 rings (SSSR count). The lowest BCUT2D eigenvalue weighted by Crippen LogP contribution is -2.45. The molecule has 3 heterocycles. The first-order chi connectivity index (χ1) is 16.1. The van der Waals surface area contributed by atoms with Gasteiger partial charge in [-0.3, -0.25) is 14.2 Å². The average Bonchev–Trinajstić information content (AvgIpc) is 3.59. The Kier molecular flexibility index (Phi) is 6.06. The van der Waals surface area contributed by atoms with Crippen molar-refractivity contribution in [2.75, 3.05) is 5.75 Å². The highest BCUT2D eigenvalue weighted by Gasteiger charge is 2.35. The summed E-state index contributed by atoms with van der Waals surface area (Å²) in [6.07, 6.45) is 3.24. The minimum absolute atomic E-state index is 0.0807. The van der Waals surface area contributed by atoms with Gasteiger partial charge in [-0.1, -0.05) is 36.0 Å². The highest BCUT2D eigenvalue weighted by Crippen LogP contribution is 2.35. The maximum Gasteiger partial charge on any atom is 0.268 e. The second-order valence-electron chi connectivity index (χ2n) is 7.92. The normalized spacial score (nSPS) is 14.9. The van der Waals surface area contributed by atoms with Gasteiger partial charge in [0.15, 0.2) is 5.16 Å². The fourth-order valence-electron chi connectivity index (χ4n) is 4.16. The van der Waals surface area contributed by atoms with Crippen molar-refractivity contribution in [3.63, 3.8) is 0 Å². The summed E-state index contributed by atoms with van der Waals surface area (Å²) >= 11 is 4.24. The SMILES string of the molecule is N#CC1(NC(=O)CSc2nc3scc(-c4cccs4)c3c(=O)n2-c2ccccc2)CCCC1. The number of thioether (sulfide) groups is 1. The number of amides is 1. The predicted octanol–water partition coefficient (Wildman–Crippen LogP) is 5.22. The molecule has 0 unspecified atom stereocenters. The number of hydrogen-bond donors (Lipinski definition) is 1. The van der Waals surface area contributed by atoms with Gasteiger partial charge in [0, 0.05) is 15.8 Å². The number of thiophene rings is 2. The lowest BCUT2D eigenvalue weighted by molar-refractivity contribution is -0.119. The Morgan fingerprint density at radius 1 is 1.18 bits per heavy atom. The van der Waals surface area contributed by atoms with Gasteiger partial charge < -0.3 is 5.32 Å². The van der Waals surface area contributed by atoms with Gasteiger partial charge in [0.2, 0.25) is 5.91 Å². The fraction of sp³-hybridized carbons (Fsp3) is 0.250. The molecule has 0 atom stereocenters. The standard InChI is InChI=1S/C24H20N4O2S3/c25-15-24(10-4-5-11-24)27-19(29)14-33-23-26-21-20(17(13-32-21)18-9-6-12-31-18)22(30)28(23)16-7-2-1-3-8-16/h1-3,6-9,12-13H,4-5,10-11,14H2,(H,27,29). The highest BCUT2D eigenvalue weighted by atomic mass is 32.2. The van der Waals surface area contributed by atoms with E-state index in [1.54, 1.807) is 15.9 Å². The first kappa shape index (κ1) is 21.9. The molecule has 6 nitrogen and oxygen atoms in total. The molecule has 166 valence electrons. The van der Waals surface area contributed by atoms with E-state index in [2.05, 4.69) is 11.4 Å². The van der Waals surface area contributed by atoms with E-state index in [0.29, 0.717) is 33.9 Å². The van der Waals surface area contributed by atoms with Crippen molar-refractivity contribution in [3.8, 4) is 22.2 Å². The van der Waals surface area contributed by atoms with Crippen LogP contribution in [0.2, 0.25) is 0 Å². The van der Waals surface area contributed by atoms with E-state index in [9.17, 15) is 14.9 Å². The summed E-state index contributed by atoms with van der Waals surface area (Å²) < 4.78 is 1.58. The van der Waals surface area contributed by atoms with E-state index in [4.69, 9.17) is 4.98 Å². The topological polar surface area (TPSA) is 87.8 Å². The van der Waals surface area contributed by atoms with Crippen LogP contribution >= 0.6 is 34.4 Å². The number of rotatable bonds is 6. The molecule has 33 heavy (non-hydrogen) atoms. The average molecular weight is 493 g/mol. The Hall–Kier alpha value is -2.93. The Labute approximate surface area is 202 Å². The lowest BCUT2D eigenvalue weighted by Gasteiger charge is -2.21. The molecular weight excluding hydrogens is 472 g/mol.